The Hall–Kier alpha value is -2.67. The maximum atomic E-state index is 12.9. The summed E-state index contributed by atoms with van der Waals surface area (Å²) in [5.41, 5.74) is 1.43. The first-order valence-corrected chi connectivity index (χ1v) is 9.65. The van der Waals surface area contributed by atoms with Crippen molar-refractivity contribution >= 4 is 28.5 Å². The number of para-hydroxylation sites is 1. The molecule has 2 aliphatic heterocycles. The van der Waals surface area contributed by atoms with Crippen molar-refractivity contribution in [3.8, 4) is 0 Å². The Morgan fingerprint density at radius 3 is 2.92 bits per heavy atom. The average molecular weight is 365 g/mol. The highest BCUT2D eigenvalue weighted by Crippen LogP contribution is 2.30. The predicted octanol–water partition coefficient (Wildman–Crippen LogP) is 1.76. The van der Waals surface area contributed by atoms with Crippen LogP contribution in [0.2, 0.25) is 0 Å². The molecule has 0 bridgehead atoms. The van der Waals surface area contributed by atoms with Crippen LogP contribution in [0.1, 0.15) is 31.5 Å². The van der Waals surface area contributed by atoms with Crippen LogP contribution in [0.4, 0.5) is 0 Å². The topological polar surface area (TPSA) is 70.0 Å². The summed E-state index contributed by atoms with van der Waals surface area (Å²) in [5.74, 6) is 0.777. The zero-order valence-electron chi connectivity index (χ0n) is 14.4. The maximum absolute atomic E-state index is 12.9. The van der Waals surface area contributed by atoms with Gasteiger partial charge in [-0.25, -0.2) is 5.01 Å². The van der Waals surface area contributed by atoms with Crippen LogP contribution >= 0.6 is 11.8 Å². The monoisotopic (exact) mass is 365 g/mol. The first-order chi connectivity index (χ1) is 12.8. The SMILES string of the molecule is CCCCSC1=NN2C(=c3ccccc3=N[C@@H]2c2cccnc2)C(=O)N1. The normalized spacial score (nSPS) is 18.4. The number of hydrogen-bond acceptors (Lipinski definition) is 6. The number of benzene rings is 1. The number of amides is 1. The highest BCUT2D eigenvalue weighted by atomic mass is 32.2. The molecule has 0 fully saturated rings. The Kier molecular flexibility index (Phi) is 4.71. The fraction of sp³-hybridized carbons (Fsp3) is 0.263. The van der Waals surface area contributed by atoms with Crippen molar-refractivity contribution in [2.24, 2.45) is 10.1 Å². The molecule has 0 radical (unpaired) electrons. The molecule has 26 heavy (non-hydrogen) atoms. The molecule has 2 aromatic rings. The molecule has 1 aromatic heterocycles. The smallest absolute Gasteiger partial charge is 0.276 e. The number of nitrogens with one attached hydrogen (secondary N) is 1. The Labute approximate surface area is 155 Å². The number of fused-ring (bicyclic) bond motifs is 2. The van der Waals surface area contributed by atoms with E-state index >= 15 is 0 Å². The number of carbonyl (C=O) groups is 1. The van der Waals surface area contributed by atoms with E-state index < -0.39 is 6.17 Å². The summed E-state index contributed by atoms with van der Waals surface area (Å²) in [6, 6.07) is 11.5. The zero-order valence-corrected chi connectivity index (χ0v) is 15.2. The number of unbranched alkanes of at least 4 members (excludes halogenated alkanes) is 1. The van der Waals surface area contributed by atoms with Crippen molar-refractivity contribution < 1.29 is 4.79 Å². The summed E-state index contributed by atoms with van der Waals surface area (Å²) in [6.07, 6.45) is 5.28. The second-order valence-corrected chi connectivity index (χ2v) is 7.14. The van der Waals surface area contributed by atoms with Crippen molar-refractivity contribution in [1.29, 1.82) is 0 Å². The van der Waals surface area contributed by atoms with Gasteiger partial charge in [-0.3, -0.25) is 20.1 Å². The van der Waals surface area contributed by atoms with Crippen molar-refractivity contribution in [2.75, 3.05) is 5.75 Å². The Balaban J connectivity index is 1.83. The van der Waals surface area contributed by atoms with Crippen LogP contribution < -0.4 is 15.9 Å². The molecule has 1 amide bonds. The van der Waals surface area contributed by atoms with Crippen LogP contribution in [-0.4, -0.2) is 26.8 Å². The molecule has 7 heteroatoms. The number of hydrazone groups is 1. The van der Waals surface area contributed by atoms with E-state index in [9.17, 15) is 4.79 Å². The van der Waals surface area contributed by atoms with Gasteiger partial charge in [0.2, 0.25) is 0 Å². The van der Waals surface area contributed by atoms with Crippen LogP contribution in [-0.2, 0) is 4.79 Å². The van der Waals surface area contributed by atoms with Gasteiger partial charge >= 0.3 is 0 Å². The van der Waals surface area contributed by atoms with Gasteiger partial charge in [-0.1, -0.05) is 49.4 Å². The van der Waals surface area contributed by atoms with E-state index in [4.69, 9.17) is 10.1 Å². The van der Waals surface area contributed by atoms with Gasteiger partial charge in [0.25, 0.3) is 5.91 Å². The number of carbonyl (C=O) groups excluding carboxylic acids is 1. The lowest BCUT2D eigenvalue weighted by Gasteiger charge is -2.33. The lowest BCUT2D eigenvalue weighted by atomic mass is 10.1. The van der Waals surface area contributed by atoms with Gasteiger partial charge in [0.05, 0.1) is 5.36 Å². The molecule has 2 aliphatic rings. The van der Waals surface area contributed by atoms with Gasteiger partial charge < -0.3 is 0 Å². The summed E-state index contributed by atoms with van der Waals surface area (Å²) < 4.78 is 0. The summed E-state index contributed by atoms with van der Waals surface area (Å²) in [6.45, 7) is 2.15. The van der Waals surface area contributed by atoms with Crippen molar-refractivity contribution in [3.63, 3.8) is 0 Å². The van der Waals surface area contributed by atoms with Gasteiger partial charge in [-0.2, -0.15) is 0 Å². The van der Waals surface area contributed by atoms with Crippen LogP contribution in [0.25, 0.3) is 5.70 Å². The van der Waals surface area contributed by atoms with E-state index in [1.165, 1.54) is 0 Å². The molecular weight excluding hydrogens is 346 g/mol. The van der Waals surface area contributed by atoms with E-state index in [-0.39, 0.29) is 5.91 Å². The summed E-state index contributed by atoms with van der Waals surface area (Å²) >= 11 is 1.57. The van der Waals surface area contributed by atoms with Gasteiger partial charge in [-0.05, 0) is 18.6 Å². The molecule has 0 aliphatic carbocycles. The fourth-order valence-corrected chi connectivity index (χ4v) is 3.89. The summed E-state index contributed by atoms with van der Waals surface area (Å²) in [5, 5.41) is 11.6. The molecule has 132 valence electrons. The largest absolute Gasteiger partial charge is 0.298 e. The number of nitrogens with zero attached hydrogens (tertiary/aromatic N) is 4. The molecule has 0 saturated heterocycles. The Bertz CT molecular complexity index is 973. The second-order valence-electron chi connectivity index (χ2n) is 6.06. The van der Waals surface area contributed by atoms with E-state index in [1.54, 1.807) is 29.2 Å². The molecule has 4 rings (SSSR count). The van der Waals surface area contributed by atoms with Gasteiger partial charge in [-0.15, -0.1) is 5.10 Å². The van der Waals surface area contributed by atoms with E-state index in [0.29, 0.717) is 10.9 Å². The molecular formula is C19H19N5OS. The molecule has 1 N–H and O–H groups in total. The molecule has 0 spiro atoms. The average Bonchev–Trinajstić information content (AvgIpc) is 2.68. The maximum Gasteiger partial charge on any atom is 0.276 e. The zero-order chi connectivity index (χ0) is 17.9. The lowest BCUT2D eigenvalue weighted by molar-refractivity contribution is -0.116. The van der Waals surface area contributed by atoms with Crippen LogP contribution in [0.3, 0.4) is 0 Å². The third-order valence-corrected chi connectivity index (χ3v) is 5.18. The molecule has 1 aromatic carbocycles. The summed E-state index contributed by atoms with van der Waals surface area (Å²) in [7, 11) is 0. The Morgan fingerprint density at radius 1 is 1.23 bits per heavy atom. The minimum Gasteiger partial charge on any atom is -0.298 e. The fourth-order valence-electron chi connectivity index (χ4n) is 2.95. The van der Waals surface area contributed by atoms with Crippen LogP contribution in [0.5, 0.6) is 0 Å². The highest BCUT2D eigenvalue weighted by Gasteiger charge is 2.34. The van der Waals surface area contributed by atoms with Gasteiger partial charge in [0.15, 0.2) is 11.3 Å². The number of amidine groups is 1. The number of pyridine rings is 1. The van der Waals surface area contributed by atoms with Gasteiger partial charge in [0.1, 0.15) is 5.70 Å². The molecule has 0 saturated carbocycles. The van der Waals surface area contributed by atoms with Crippen molar-refractivity contribution in [2.45, 2.75) is 25.9 Å². The van der Waals surface area contributed by atoms with E-state index in [2.05, 4.69) is 17.2 Å². The third-order valence-electron chi connectivity index (χ3n) is 4.23. The minimum atomic E-state index is -0.401. The van der Waals surface area contributed by atoms with Crippen LogP contribution in [0, 0.1) is 0 Å². The third kappa shape index (κ3) is 3.10. The van der Waals surface area contributed by atoms with Crippen LogP contribution in [0.15, 0.2) is 58.9 Å². The molecule has 3 heterocycles. The standard InChI is InChI=1S/C19H19N5OS/c1-2-3-11-26-19-22-18(25)16-14-8-4-5-9-15(14)21-17(24(16)23-19)13-7-6-10-20-12-13/h4-10,12,17H,2-3,11H2,1H3,(H,22,23,25)/t17-/m0/s1. The minimum absolute atomic E-state index is 0.143. The second kappa shape index (κ2) is 7.29. The lowest BCUT2D eigenvalue weighted by Crippen LogP contribution is -2.50. The van der Waals surface area contributed by atoms with Crippen molar-refractivity contribution in [1.82, 2.24) is 15.3 Å². The van der Waals surface area contributed by atoms with E-state index in [1.807, 2.05) is 36.4 Å². The first kappa shape index (κ1) is 16.8. The molecule has 1 atom stereocenters. The van der Waals surface area contributed by atoms with E-state index in [0.717, 1.165) is 34.7 Å². The number of hydrogen-bond donors (Lipinski definition) is 1. The number of thioether (sulfide) groups is 1. The molecule has 0 unspecified atom stereocenters. The quantitative estimate of drug-likeness (QED) is 0.838. The highest BCUT2D eigenvalue weighted by molar-refractivity contribution is 8.13. The molecule has 6 nitrogen and oxygen atoms in total. The number of rotatable bonds is 4. The van der Waals surface area contributed by atoms with Gasteiger partial charge in [0, 0.05) is 28.9 Å². The Morgan fingerprint density at radius 2 is 2.12 bits per heavy atom. The number of aromatic nitrogens is 1. The predicted molar refractivity (Wildman–Crippen MR) is 102 cm³/mol. The van der Waals surface area contributed by atoms with Crippen molar-refractivity contribution in [3.05, 3.63) is 64.9 Å². The first-order valence-electron chi connectivity index (χ1n) is 8.67. The summed E-state index contributed by atoms with van der Waals surface area (Å²) in [4.78, 5) is 21.9.